The van der Waals surface area contributed by atoms with Gasteiger partial charge in [-0.2, -0.15) is 5.10 Å². The van der Waals surface area contributed by atoms with Gasteiger partial charge in [0.25, 0.3) is 0 Å². The van der Waals surface area contributed by atoms with E-state index in [1.165, 1.54) is 11.1 Å². The zero-order valence-corrected chi connectivity index (χ0v) is 12.8. The molecule has 5 heteroatoms. The summed E-state index contributed by atoms with van der Waals surface area (Å²) >= 11 is 0. The van der Waals surface area contributed by atoms with Gasteiger partial charge in [0, 0.05) is 13.2 Å². The molecule has 1 aromatic carbocycles. The summed E-state index contributed by atoms with van der Waals surface area (Å²) in [5.41, 5.74) is 3.43. The summed E-state index contributed by atoms with van der Waals surface area (Å²) in [4.78, 5) is 11.3. The number of aromatic nitrogens is 2. The zero-order valence-electron chi connectivity index (χ0n) is 12.8. The van der Waals surface area contributed by atoms with Crippen molar-refractivity contribution in [1.82, 2.24) is 15.1 Å². The molecule has 1 heterocycles. The number of carbonyl (C=O) groups is 1. The van der Waals surface area contributed by atoms with Crippen LogP contribution >= 0.6 is 0 Å². The van der Waals surface area contributed by atoms with E-state index in [9.17, 15) is 4.79 Å². The van der Waals surface area contributed by atoms with Gasteiger partial charge in [0.1, 0.15) is 6.54 Å². The van der Waals surface area contributed by atoms with Crippen LogP contribution in [0.4, 0.5) is 5.69 Å². The molecule has 1 unspecified atom stereocenters. The van der Waals surface area contributed by atoms with E-state index in [4.69, 9.17) is 0 Å². The number of anilines is 1. The van der Waals surface area contributed by atoms with E-state index in [1.807, 2.05) is 6.20 Å². The second-order valence-electron chi connectivity index (χ2n) is 5.12. The van der Waals surface area contributed by atoms with Gasteiger partial charge in [-0.1, -0.05) is 36.8 Å². The van der Waals surface area contributed by atoms with Crippen molar-refractivity contribution in [3.05, 3.63) is 47.8 Å². The summed E-state index contributed by atoms with van der Waals surface area (Å²) in [6, 6.07) is 8.77. The van der Waals surface area contributed by atoms with E-state index in [1.54, 1.807) is 17.9 Å². The van der Waals surface area contributed by atoms with E-state index in [0.717, 1.165) is 12.1 Å². The number of hydrogen-bond acceptors (Lipinski definition) is 3. The number of nitrogens with zero attached hydrogens (tertiary/aromatic N) is 2. The SMILES string of the molecule is CCC(Nc1cnn(CC(=O)NC)c1)c1ccc(C)cc1. The van der Waals surface area contributed by atoms with E-state index >= 15 is 0 Å². The molecule has 0 radical (unpaired) electrons. The Hall–Kier alpha value is -2.30. The number of benzene rings is 1. The van der Waals surface area contributed by atoms with Crippen LogP contribution in [0.15, 0.2) is 36.7 Å². The Labute approximate surface area is 125 Å². The van der Waals surface area contributed by atoms with Gasteiger partial charge >= 0.3 is 0 Å². The number of rotatable bonds is 6. The molecule has 0 spiro atoms. The second-order valence-corrected chi connectivity index (χ2v) is 5.12. The topological polar surface area (TPSA) is 59.0 Å². The maximum Gasteiger partial charge on any atom is 0.241 e. The maximum atomic E-state index is 11.3. The van der Waals surface area contributed by atoms with Gasteiger partial charge in [-0.05, 0) is 18.9 Å². The third-order valence-corrected chi connectivity index (χ3v) is 3.45. The predicted octanol–water partition coefficient (Wildman–Crippen LogP) is 2.50. The average molecular weight is 286 g/mol. The van der Waals surface area contributed by atoms with Gasteiger partial charge < -0.3 is 10.6 Å². The third-order valence-electron chi connectivity index (χ3n) is 3.45. The minimum Gasteiger partial charge on any atom is -0.376 e. The number of aryl methyl sites for hydroxylation is 1. The summed E-state index contributed by atoms with van der Waals surface area (Å²) in [6.45, 7) is 4.47. The Kier molecular flexibility index (Phi) is 4.98. The van der Waals surface area contributed by atoms with Crippen LogP contribution in [0.25, 0.3) is 0 Å². The molecule has 1 amide bonds. The quantitative estimate of drug-likeness (QED) is 0.858. The van der Waals surface area contributed by atoms with Crippen molar-refractivity contribution in [2.24, 2.45) is 0 Å². The van der Waals surface area contributed by atoms with E-state index in [0.29, 0.717) is 0 Å². The second kappa shape index (κ2) is 6.92. The lowest BCUT2D eigenvalue weighted by atomic mass is 10.0. The molecule has 112 valence electrons. The van der Waals surface area contributed by atoms with Crippen LogP contribution in [-0.2, 0) is 11.3 Å². The molecule has 0 saturated carbocycles. The van der Waals surface area contributed by atoms with Crippen molar-refractivity contribution < 1.29 is 4.79 Å². The van der Waals surface area contributed by atoms with Crippen LogP contribution in [0.3, 0.4) is 0 Å². The van der Waals surface area contributed by atoms with Gasteiger partial charge in [0.2, 0.25) is 5.91 Å². The fourth-order valence-corrected chi connectivity index (χ4v) is 2.17. The molecule has 0 aliphatic heterocycles. The monoisotopic (exact) mass is 286 g/mol. The minimum absolute atomic E-state index is 0.0600. The molecule has 2 aromatic rings. The van der Waals surface area contributed by atoms with Crippen molar-refractivity contribution in [2.75, 3.05) is 12.4 Å². The molecule has 21 heavy (non-hydrogen) atoms. The Morgan fingerprint density at radius 1 is 1.33 bits per heavy atom. The average Bonchev–Trinajstić information content (AvgIpc) is 2.93. The molecule has 0 fully saturated rings. The number of amides is 1. The van der Waals surface area contributed by atoms with Crippen LogP contribution in [0.2, 0.25) is 0 Å². The Bertz CT molecular complexity index is 589. The van der Waals surface area contributed by atoms with Crippen molar-refractivity contribution in [1.29, 1.82) is 0 Å². The van der Waals surface area contributed by atoms with Crippen LogP contribution in [0.5, 0.6) is 0 Å². The smallest absolute Gasteiger partial charge is 0.241 e. The number of likely N-dealkylation sites (N-methyl/N-ethyl adjacent to an activating group) is 1. The summed E-state index contributed by atoms with van der Waals surface area (Å²) in [6.07, 6.45) is 4.58. The first-order valence-corrected chi connectivity index (χ1v) is 7.18. The molecular weight excluding hydrogens is 264 g/mol. The molecule has 0 aliphatic carbocycles. The van der Waals surface area contributed by atoms with E-state index in [-0.39, 0.29) is 18.5 Å². The largest absolute Gasteiger partial charge is 0.376 e. The molecule has 2 N–H and O–H groups in total. The lowest BCUT2D eigenvalue weighted by molar-refractivity contribution is -0.121. The molecular formula is C16H22N4O. The van der Waals surface area contributed by atoms with Crippen molar-refractivity contribution in [3.63, 3.8) is 0 Å². The zero-order chi connectivity index (χ0) is 15.2. The highest BCUT2D eigenvalue weighted by Crippen LogP contribution is 2.22. The fraction of sp³-hybridized carbons (Fsp3) is 0.375. The molecule has 0 saturated heterocycles. The Balaban J connectivity index is 2.05. The molecule has 2 rings (SSSR count). The highest BCUT2D eigenvalue weighted by Gasteiger charge is 2.10. The van der Waals surface area contributed by atoms with Gasteiger partial charge in [-0.15, -0.1) is 0 Å². The third kappa shape index (κ3) is 4.08. The Morgan fingerprint density at radius 3 is 2.67 bits per heavy atom. The lowest BCUT2D eigenvalue weighted by Gasteiger charge is -2.17. The molecule has 5 nitrogen and oxygen atoms in total. The molecule has 1 atom stereocenters. The van der Waals surface area contributed by atoms with E-state index < -0.39 is 0 Å². The first-order chi connectivity index (χ1) is 10.1. The van der Waals surface area contributed by atoms with E-state index in [2.05, 4.69) is 53.8 Å². The van der Waals surface area contributed by atoms with Crippen LogP contribution in [0.1, 0.15) is 30.5 Å². The summed E-state index contributed by atoms with van der Waals surface area (Å²) in [5, 5.41) is 10.2. The number of carbonyl (C=O) groups excluding carboxylic acids is 1. The van der Waals surface area contributed by atoms with Crippen molar-refractivity contribution in [3.8, 4) is 0 Å². The fourth-order valence-electron chi connectivity index (χ4n) is 2.17. The summed E-state index contributed by atoms with van der Waals surface area (Å²) < 4.78 is 1.63. The van der Waals surface area contributed by atoms with Gasteiger partial charge in [-0.25, -0.2) is 0 Å². The normalized spacial score (nSPS) is 12.0. The molecule has 0 aliphatic rings. The standard InChI is InChI=1S/C16H22N4O/c1-4-15(13-7-5-12(2)6-8-13)19-14-9-18-20(10-14)11-16(21)17-3/h5-10,15,19H,4,11H2,1-3H3,(H,17,21). The van der Waals surface area contributed by atoms with Gasteiger partial charge in [0.15, 0.2) is 0 Å². The maximum absolute atomic E-state index is 11.3. The number of nitrogens with one attached hydrogen (secondary N) is 2. The van der Waals surface area contributed by atoms with Crippen LogP contribution < -0.4 is 10.6 Å². The van der Waals surface area contributed by atoms with Crippen molar-refractivity contribution in [2.45, 2.75) is 32.9 Å². The highest BCUT2D eigenvalue weighted by molar-refractivity contribution is 5.75. The molecule has 1 aromatic heterocycles. The van der Waals surface area contributed by atoms with Gasteiger partial charge in [-0.3, -0.25) is 9.48 Å². The first kappa shape index (κ1) is 15.1. The minimum atomic E-state index is -0.0600. The number of hydrogen-bond donors (Lipinski definition) is 2. The molecule has 0 bridgehead atoms. The summed E-state index contributed by atoms with van der Waals surface area (Å²) in [5.74, 6) is -0.0600. The first-order valence-electron chi connectivity index (χ1n) is 7.18. The van der Waals surface area contributed by atoms with Crippen molar-refractivity contribution >= 4 is 11.6 Å². The van der Waals surface area contributed by atoms with Crippen LogP contribution in [-0.4, -0.2) is 22.7 Å². The van der Waals surface area contributed by atoms with Crippen LogP contribution in [0, 0.1) is 6.92 Å². The Morgan fingerprint density at radius 2 is 2.05 bits per heavy atom. The predicted molar refractivity (Wildman–Crippen MR) is 84.1 cm³/mol. The lowest BCUT2D eigenvalue weighted by Crippen LogP contribution is -2.23. The van der Waals surface area contributed by atoms with Gasteiger partial charge in [0.05, 0.1) is 17.9 Å². The highest BCUT2D eigenvalue weighted by atomic mass is 16.1. The summed E-state index contributed by atoms with van der Waals surface area (Å²) in [7, 11) is 1.62.